The molecule has 0 spiro atoms. The summed E-state index contributed by atoms with van der Waals surface area (Å²) in [5.74, 6) is -0.694. The Bertz CT molecular complexity index is 1380. The summed E-state index contributed by atoms with van der Waals surface area (Å²) in [7, 11) is 1.51. The molecular weight excluding hydrogens is 440 g/mol. The molecule has 1 unspecified atom stereocenters. The number of ether oxygens (including phenoxy) is 1. The van der Waals surface area contributed by atoms with Crippen molar-refractivity contribution >= 4 is 22.6 Å². The van der Waals surface area contributed by atoms with Crippen LogP contribution < -0.4 is 15.4 Å². The highest BCUT2D eigenvalue weighted by molar-refractivity contribution is 5.99. The van der Waals surface area contributed by atoms with Gasteiger partial charge in [-0.05, 0) is 60.4 Å². The molecule has 9 heteroatoms. The summed E-state index contributed by atoms with van der Waals surface area (Å²) in [6.07, 6.45) is 4.80. The molecule has 1 atom stereocenters. The summed E-state index contributed by atoms with van der Waals surface area (Å²) in [5.41, 5.74) is 2.28. The number of aromatic nitrogens is 3. The van der Waals surface area contributed by atoms with E-state index in [2.05, 4.69) is 15.6 Å². The Labute approximate surface area is 194 Å². The lowest BCUT2D eigenvalue weighted by atomic mass is 10.0. The number of nitrogens with one attached hydrogen (secondary N) is 2. The number of anilines is 1. The molecule has 2 aromatic heterocycles. The van der Waals surface area contributed by atoms with Gasteiger partial charge in [-0.15, -0.1) is 0 Å². The fraction of sp³-hybridized carbons (Fsp3) is 0.200. The van der Waals surface area contributed by atoms with Gasteiger partial charge in [0.25, 0.3) is 0 Å². The van der Waals surface area contributed by atoms with Crippen molar-refractivity contribution in [2.45, 2.75) is 18.9 Å². The summed E-state index contributed by atoms with van der Waals surface area (Å²) in [6.45, 7) is 0.635. The molecule has 1 amide bonds. The molecule has 0 radical (unpaired) electrons. The summed E-state index contributed by atoms with van der Waals surface area (Å²) in [6, 6.07) is 10.4. The number of hydrogen-bond donors (Lipinski definition) is 2. The van der Waals surface area contributed by atoms with Gasteiger partial charge >= 0.3 is 0 Å². The van der Waals surface area contributed by atoms with Gasteiger partial charge in [0, 0.05) is 29.9 Å². The predicted molar refractivity (Wildman–Crippen MR) is 124 cm³/mol. The Kier molecular flexibility index (Phi) is 5.75. The SMILES string of the molecule is COc1cc(-c2ccc(F)c(F)c2)cc2c(NC3CCCNC3=O)nc(-c3cccnc3)nc12. The van der Waals surface area contributed by atoms with Crippen LogP contribution in [-0.4, -0.2) is 40.6 Å². The highest BCUT2D eigenvalue weighted by atomic mass is 19.2. The van der Waals surface area contributed by atoms with Crippen LogP contribution >= 0.6 is 0 Å². The van der Waals surface area contributed by atoms with E-state index in [9.17, 15) is 13.6 Å². The maximum atomic E-state index is 13.9. The lowest BCUT2D eigenvalue weighted by molar-refractivity contribution is -0.123. The molecule has 2 aromatic carbocycles. The summed E-state index contributed by atoms with van der Waals surface area (Å²) in [5, 5.41) is 6.71. The van der Waals surface area contributed by atoms with E-state index in [1.807, 2.05) is 6.07 Å². The third kappa shape index (κ3) is 4.12. The molecule has 1 aliphatic heterocycles. The number of amides is 1. The molecule has 1 fully saturated rings. The molecule has 1 saturated heterocycles. The van der Waals surface area contributed by atoms with Crippen LogP contribution in [0.2, 0.25) is 0 Å². The number of piperidine rings is 1. The normalized spacial score (nSPS) is 15.7. The first-order valence-electron chi connectivity index (χ1n) is 10.8. The Hall–Kier alpha value is -4.14. The highest BCUT2D eigenvalue weighted by Crippen LogP contribution is 2.36. The summed E-state index contributed by atoms with van der Waals surface area (Å²) >= 11 is 0. The molecule has 4 aromatic rings. The standard InChI is InChI=1S/C25H21F2N5O2/c1-34-21-12-16(14-6-7-18(26)19(27)11-14)10-17-22(21)31-23(15-4-2-8-28-13-15)32-24(17)30-20-5-3-9-29-25(20)33/h2,4,6-8,10-13,20H,3,5,9H2,1H3,(H,29,33)(H,30,31,32). The van der Waals surface area contributed by atoms with Crippen molar-refractivity contribution in [1.82, 2.24) is 20.3 Å². The maximum absolute atomic E-state index is 13.9. The fourth-order valence-corrected chi connectivity index (χ4v) is 4.01. The number of hydrogen-bond acceptors (Lipinski definition) is 6. The molecule has 0 bridgehead atoms. The molecule has 2 N–H and O–H groups in total. The zero-order valence-electron chi connectivity index (χ0n) is 18.3. The van der Waals surface area contributed by atoms with Crippen molar-refractivity contribution in [3.63, 3.8) is 0 Å². The smallest absolute Gasteiger partial charge is 0.242 e. The second-order valence-electron chi connectivity index (χ2n) is 7.97. The van der Waals surface area contributed by atoms with E-state index >= 15 is 0 Å². The lowest BCUT2D eigenvalue weighted by Crippen LogP contribution is -2.44. The van der Waals surface area contributed by atoms with Gasteiger partial charge in [0.2, 0.25) is 5.91 Å². The van der Waals surface area contributed by atoms with E-state index in [1.54, 1.807) is 30.6 Å². The predicted octanol–water partition coefficient (Wildman–Crippen LogP) is 4.34. The molecule has 0 aliphatic carbocycles. The summed E-state index contributed by atoms with van der Waals surface area (Å²) < 4.78 is 33.1. The quantitative estimate of drug-likeness (QED) is 0.460. The van der Waals surface area contributed by atoms with E-state index in [4.69, 9.17) is 14.7 Å². The summed E-state index contributed by atoms with van der Waals surface area (Å²) in [4.78, 5) is 26.0. The van der Waals surface area contributed by atoms with Crippen molar-refractivity contribution in [3.8, 4) is 28.3 Å². The van der Waals surface area contributed by atoms with Crippen molar-refractivity contribution in [3.05, 3.63) is 66.5 Å². The van der Waals surface area contributed by atoms with E-state index in [1.165, 1.54) is 13.2 Å². The number of rotatable bonds is 5. The number of benzene rings is 2. The Balaban J connectivity index is 1.72. The number of fused-ring (bicyclic) bond motifs is 1. The van der Waals surface area contributed by atoms with Crippen molar-refractivity contribution in [2.75, 3.05) is 19.0 Å². The van der Waals surface area contributed by atoms with Crippen LogP contribution in [0.4, 0.5) is 14.6 Å². The second kappa shape index (κ2) is 9.01. The van der Waals surface area contributed by atoms with Gasteiger partial charge in [0.1, 0.15) is 23.1 Å². The molecule has 0 saturated carbocycles. The van der Waals surface area contributed by atoms with Crippen LogP contribution in [0.25, 0.3) is 33.4 Å². The number of pyridine rings is 1. The zero-order chi connectivity index (χ0) is 23.7. The first kappa shape index (κ1) is 21.7. The van der Waals surface area contributed by atoms with Crippen LogP contribution in [-0.2, 0) is 4.79 Å². The Morgan fingerprint density at radius 2 is 1.94 bits per heavy atom. The minimum atomic E-state index is -0.947. The number of carbonyl (C=O) groups is 1. The van der Waals surface area contributed by atoms with E-state index in [0.29, 0.717) is 58.0 Å². The van der Waals surface area contributed by atoms with Crippen LogP contribution in [0.5, 0.6) is 5.75 Å². The van der Waals surface area contributed by atoms with Crippen molar-refractivity contribution in [2.24, 2.45) is 0 Å². The minimum Gasteiger partial charge on any atom is -0.494 e. The van der Waals surface area contributed by atoms with Crippen LogP contribution in [0.1, 0.15) is 12.8 Å². The molecule has 1 aliphatic rings. The van der Waals surface area contributed by atoms with Gasteiger partial charge in [-0.3, -0.25) is 9.78 Å². The third-order valence-corrected chi connectivity index (χ3v) is 5.75. The van der Waals surface area contributed by atoms with Crippen LogP contribution in [0.15, 0.2) is 54.9 Å². The van der Waals surface area contributed by atoms with Gasteiger partial charge in [0.15, 0.2) is 17.5 Å². The number of nitrogens with zero attached hydrogens (tertiary/aromatic N) is 3. The molecule has 3 heterocycles. The van der Waals surface area contributed by atoms with Crippen molar-refractivity contribution in [1.29, 1.82) is 0 Å². The first-order chi connectivity index (χ1) is 16.5. The zero-order valence-corrected chi connectivity index (χ0v) is 18.3. The molecule has 172 valence electrons. The molecule has 34 heavy (non-hydrogen) atoms. The van der Waals surface area contributed by atoms with Gasteiger partial charge in [-0.1, -0.05) is 6.07 Å². The van der Waals surface area contributed by atoms with Crippen LogP contribution in [0.3, 0.4) is 0 Å². The van der Waals surface area contributed by atoms with Gasteiger partial charge in [-0.25, -0.2) is 18.7 Å². The number of halogens is 2. The van der Waals surface area contributed by atoms with Crippen molar-refractivity contribution < 1.29 is 18.3 Å². The van der Waals surface area contributed by atoms with E-state index < -0.39 is 17.7 Å². The van der Waals surface area contributed by atoms with Gasteiger partial charge < -0.3 is 15.4 Å². The highest BCUT2D eigenvalue weighted by Gasteiger charge is 2.24. The average molecular weight is 461 g/mol. The van der Waals surface area contributed by atoms with E-state index in [0.717, 1.165) is 18.6 Å². The Morgan fingerprint density at radius 1 is 1.06 bits per heavy atom. The number of methoxy groups -OCH3 is 1. The average Bonchev–Trinajstić information content (AvgIpc) is 2.87. The monoisotopic (exact) mass is 461 g/mol. The topological polar surface area (TPSA) is 89.0 Å². The molecule has 7 nitrogen and oxygen atoms in total. The largest absolute Gasteiger partial charge is 0.494 e. The lowest BCUT2D eigenvalue weighted by Gasteiger charge is -2.24. The van der Waals surface area contributed by atoms with Crippen LogP contribution in [0, 0.1) is 11.6 Å². The minimum absolute atomic E-state index is 0.107. The van der Waals surface area contributed by atoms with Gasteiger partial charge in [0.05, 0.1) is 7.11 Å². The first-order valence-corrected chi connectivity index (χ1v) is 10.8. The van der Waals surface area contributed by atoms with E-state index in [-0.39, 0.29) is 5.91 Å². The molecular formula is C25H21F2N5O2. The van der Waals surface area contributed by atoms with Gasteiger partial charge in [-0.2, -0.15) is 0 Å². The second-order valence-corrected chi connectivity index (χ2v) is 7.97. The fourth-order valence-electron chi connectivity index (χ4n) is 4.01. The molecule has 5 rings (SSSR count). The third-order valence-electron chi connectivity index (χ3n) is 5.75. The maximum Gasteiger partial charge on any atom is 0.242 e. The number of carbonyl (C=O) groups excluding carboxylic acids is 1. The Morgan fingerprint density at radius 3 is 2.68 bits per heavy atom.